The van der Waals surface area contributed by atoms with Crippen molar-refractivity contribution in [3.63, 3.8) is 0 Å². The molecule has 0 radical (unpaired) electrons. The van der Waals surface area contributed by atoms with Gasteiger partial charge in [-0.1, -0.05) is 6.07 Å². The van der Waals surface area contributed by atoms with Gasteiger partial charge in [-0.25, -0.2) is 4.79 Å². The summed E-state index contributed by atoms with van der Waals surface area (Å²) in [5.41, 5.74) is 2.27. The smallest absolute Gasteiger partial charge is 0.341 e. The van der Waals surface area contributed by atoms with Crippen molar-refractivity contribution in [2.24, 2.45) is 0 Å². The van der Waals surface area contributed by atoms with E-state index in [2.05, 4.69) is 10.6 Å². The highest BCUT2D eigenvalue weighted by Gasteiger charge is 2.21. The molecular formula is C16H17N3O4S2. The molecule has 2 aromatic rings. The number of thiocarbonyl (C=S) groups is 1. The van der Waals surface area contributed by atoms with Gasteiger partial charge in [-0.3, -0.25) is 10.1 Å². The monoisotopic (exact) mass is 379 g/mol. The van der Waals surface area contributed by atoms with Gasteiger partial charge in [0.15, 0.2) is 5.11 Å². The molecule has 0 atom stereocenters. The molecule has 1 aromatic carbocycles. The van der Waals surface area contributed by atoms with Gasteiger partial charge in [0.1, 0.15) is 5.00 Å². The van der Waals surface area contributed by atoms with Crippen molar-refractivity contribution in [3.05, 3.63) is 49.9 Å². The Morgan fingerprint density at radius 2 is 1.92 bits per heavy atom. The fourth-order valence-electron chi connectivity index (χ4n) is 2.28. The zero-order chi connectivity index (χ0) is 18.7. The van der Waals surface area contributed by atoms with Gasteiger partial charge in [-0.05, 0) is 44.6 Å². The van der Waals surface area contributed by atoms with Gasteiger partial charge >= 0.3 is 5.97 Å². The maximum absolute atomic E-state index is 12.0. The zero-order valence-corrected chi connectivity index (χ0v) is 15.8. The van der Waals surface area contributed by atoms with Crippen LogP contribution in [0.2, 0.25) is 0 Å². The fourth-order valence-corrected chi connectivity index (χ4v) is 3.61. The number of ether oxygens (including phenoxy) is 1. The molecule has 0 amide bonds. The molecule has 2 rings (SSSR count). The Balaban J connectivity index is 2.25. The molecule has 25 heavy (non-hydrogen) atoms. The minimum Gasteiger partial charge on any atom is -0.465 e. The molecular weight excluding hydrogens is 362 g/mol. The van der Waals surface area contributed by atoms with Crippen molar-refractivity contribution in [1.82, 2.24) is 0 Å². The van der Waals surface area contributed by atoms with Gasteiger partial charge in [0.05, 0.1) is 28.8 Å². The highest BCUT2D eigenvalue weighted by Crippen LogP contribution is 2.33. The van der Waals surface area contributed by atoms with Gasteiger partial charge in [-0.15, -0.1) is 11.3 Å². The molecule has 0 aliphatic rings. The number of nitro groups is 1. The fraction of sp³-hybridized carbons (Fsp3) is 0.250. The summed E-state index contributed by atoms with van der Waals surface area (Å²) in [4.78, 5) is 23.5. The van der Waals surface area contributed by atoms with E-state index in [1.807, 2.05) is 13.8 Å². The summed E-state index contributed by atoms with van der Waals surface area (Å²) in [7, 11) is 1.32. The highest BCUT2D eigenvalue weighted by atomic mass is 32.1. The van der Waals surface area contributed by atoms with E-state index in [4.69, 9.17) is 17.0 Å². The number of methoxy groups -OCH3 is 1. The quantitative estimate of drug-likeness (QED) is 0.356. The number of rotatable bonds is 4. The summed E-state index contributed by atoms with van der Waals surface area (Å²) in [6.45, 7) is 5.38. The number of aryl methyl sites for hydroxylation is 1. The Hall–Kier alpha value is -2.52. The number of nitrogens with zero attached hydrogens (tertiary/aromatic N) is 1. The van der Waals surface area contributed by atoms with E-state index >= 15 is 0 Å². The average molecular weight is 379 g/mol. The predicted octanol–water partition coefficient (Wildman–Crippen LogP) is 4.18. The van der Waals surface area contributed by atoms with E-state index in [1.54, 1.807) is 19.1 Å². The first kappa shape index (κ1) is 18.8. The van der Waals surface area contributed by atoms with Crippen LogP contribution in [-0.4, -0.2) is 23.1 Å². The third-order valence-corrected chi connectivity index (χ3v) is 5.08. The number of thiophene rings is 1. The molecule has 0 unspecified atom stereocenters. The second-order valence-corrected chi connectivity index (χ2v) is 6.90. The Morgan fingerprint density at radius 3 is 2.52 bits per heavy atom. The number of carbonyl (C=O) groups excluding carboxylic acids is 1. The molecule has 0 spiro atoms. The van der Waals surface area contributed by atoms with Crippen molar-refractivity contribution >= 4 is 51.0 Å². The molecule has 0 aliphatic heterocycles. The third kappa shape index (κ3) is 3.94. The van der Waals surface area contributed by atoms with Crippen LogP contribution in [0.4, 0.5) is 16.4 Å². The summed E-state index contributed by atoms with van der Waals surface area (Å²) >= 11 is 6.67. The lowest BCUT2D eigenvalue weighted by molar-refractivity contribution is -0.385. The van der Waals surface area contributed by atoms with Crippen LogP contribution in [0, 0.1) is 30.9 Å². The number of benzene rings is 1. The number of anilines is 2. The first-order valence-corrected chi connectivity index (χ1v) is 8.49. The van der Waals surface area contributed by atoms with Crippen molar-refractivity contribution < 1.29 is 14.5 Å². The summed E-state index contributed by atoms with van der Waals surface area (Å²) in [6, 6.07) is 4.70. The number of esters is 1. The topological polar surface area (TPSA) is 93.5 Å². The molecule has 2 N–H and O–H groups in total. The number of hydrogen-bond donors (Lipinski definition) is 2. The molecule has 1 heterocycles. The summed E-state index contributed by atoms with van der Waals surface area (Å²) in [6.07, 6.45) is 0. The van der Waals surface area contributed by atoms with Crippen LogP contribution in [0.1, 0.15) is 26.4 Å². The summed E-state index contributed by atoms with van der Waals surface area (Å²) in [5.74, 6) is -0.446. The Kier molecular flexibility index (Phi) is 5.70. The standard InChI is InChI=1S/C16H17N3O4S2/c1-8-10(3)25-14(13(8)15(20)23-4)18-16(24)17-11-6-5-7-12(9(11)2)19(21)22/h5-7H,1-4H3,(H2,17,18,24). The van der Waals surface area contributed by atoms with Gasteiger partial charge in [-0.2, -0.15) is 0 Å². The van der Waals surface area contributed by atoms with E-state index < -0.39 is 10.9 Å². The maximum Gasteiger partial charge on any atom is 0.341 e. The van der Waals surface area contributed by atoms with Gasteiger partial charge in [0.25, 0.3) is 5.69 Å². The third-order valence-electron chi connectivity index (χ3n) is 3.75. The largest absolute Gasteiger partial charge is 0.465 e. The molecule has 1 aromatic heterocycles. The maximum atomic E-state index is 12.0. The molecule has 0 aliphatic carbocycles. The van der Waals surface area contributed by atoms with E-state index in [0.717, 1.165) is 10.4 Å². The highest BCUT2D eigenvalue weighted by molar-refractivity contribution is 7.80. The summed E-state index contributed by atoms with van der Waals surface area (Å²) < 4.78 is 4.82. The second-order valence-electron chi connectivity index (χ2n) is 5.26. The van der Waals surface area contributed by atoms with Crippen molar-refractivity contribution in [1.29, 1.82) is 0 Å². The lowest BCUT2D eigenvalue weighted by atomic mass is 10.1. The van der Waals surface area contributed by atoms with Crippen LogP contribution in [0.3, 0.4) is 0 Å². The number of nitrogens with one attached hydrogen (secondary N) is 2. The lowest BCUT2D eigenvalue weighted by Crippen LogP contribution is -2.20. The first-order chi connectivity index (χ1) is 11.8. The number of nitro benzene ring substituents is 1. The molecule has 0 bridgehead atoms. The average Bonchev–Trinajstić information content (AvgIpc) is 2.82. The van der Waals surface area contributed by atoms with Crippen LogP contribution in [0.25, 0.3) is 0 Å². The van der Waals surface area contributed by atoms with E-state index in [0.29, 0.717) is 21.8 Å². The van der Waals surface area contributed by atoms with E-state index in [1.165, 1.54) is 24.5 Å². The van der Waals surface area contributed by atoms with Gasteiger partial charge < -0.3 is 15.4 Å². The second kappa shape index (κ2) is 7.58. The normalized spacial score (nSPS) is 10.2. The Bertz CT molecular complexity index is 861. The molecule has 9 heteroatoms. The van der Waals surface area contributed by atoms with Crippen LogP contribution >= 0.6 is 23.6 Å². The van der Waals surface area contributed by atoms with Gasteiger partial charge in [0.2, 0.25) is 0 Å². The molecule has 0 saturated carbocycles. The van der Waals surface area contributed by atoms with Crippen LogP contribution in [0.5, 0.6) is 0 Å². The van der Waals surface area contributed by atoms with Crippen LogP contribution in [0.15, 0.2) is 18.2 Å². The SMILES string of the molecule is COC(=O)c1c(NC(=S)Nc2cccc([N+](=O)[O-])c2C)sc(C)c1C. The molecule has 0 saturated heterocycles. The minimum absolute atomic E-state index is 0.00543. The number of hydrogen-bond acceptors (Lipinski definition) is 6. The van der Waals surface area contributed by atoms with Crippen LogP contribution in [-0.2, 0) is 4.74 Å². The van der Waals surface area contributed by atoms with Crippen molar-refractivity contribution in [3.8, 4) is 0 Å². The minimum atomic E-state index is -0.446. The predicted molar refractivity (Wildman–Crippen MR) is 103 cm³/mol. The van der Waals surface area contributed by atoms with Crippen molar-refractivity contribution in [2.75, 3.05) is 17.7 Å². The van der Waals surface area contributed by atoms with E-state index in [-0.39, 0.29) is 10.8 Å². The molecule has 0 fully saturated rings. The molecule has 7 nitrogen and oxygen atoms in total. The molecule has 132 valence electrons. The Labute approximate surface area is 154 Å². The summed E-state index contributed by atoms with van der Waals surface area (Å²) in [5, 5.41) is 17.7. The number of carbonyl (C=O) groups is 1. The first-order valence-electron chi connectivity index (χ1n) is 7.26. The van der Waals surface area contributed by atoms with Crippen LogP contribution < -0.4 is 10.6 Å². The van der Waals surface area contributed by atoms with Gasteiger partial charge in [0, 0.05) is 10.9 Å². The van der Waals surface area contributed by atoms with E-state index in [9.17, 15) is 14.9 Å². The van der Waals surface area contributed by atoms with Crippen molar-refractivity contribution in [2.45, 2.75) is 20.8 Å². The zero-order valence-electron chi connectivity index (χ0n) is 14.1. The lowest BCUT2D eigenvalue weighted by Gasteiger charge is -2.12. The Morgan fingerprint density at radius 1 is 1.24 bits per heavy atom.